The van der Waals surface area contributed by atoms with Crippen molar-refractivity contribution < 1.29 is 4.79 Å². The Morgan fingerprint density at radius 2 is 2.00 bits per heavy atom. The van der Waals surface area contributed by atoms with E-state index in [1.54, 1.807) is 12.4 Å². The molecule has 0 aliphatic rings. The third kappa shape index (κ3) is 2.33. The molecule has 0 aliphatic heterocycles. The van der Waals surface area contributed by atoms with Crippen LogP contribution in [0, 0.1) is 0 Å². The van der Waals surface area contributed by atoms with Crippen LogP contribution < -0.4 is 5.32 Å². The summed E-state index contributed by atoms with van der Waals surface area (Å²) in [7, 11) is 0. The van der Waals surface area contributed by atoms with Gasteiger partial charge in [0.1, 0.15) is 0 Å². The van der Waals surface area contributed by atoms with E-state index in [1.165, 1.54) is 0 Å². The normalized spacial score (nSPS) is 10.5. The minimum atomic E-state index is -0.0788. The van der Waals surface area contributed by atoms with Crippen molar-refractivity contribution in [3.63, 3.8) is 0 Å². The van der Waals surface area contributed by atoms with Gasteiger partial charge in [-0.3, -0.25) is 9.78 Å². The molecular weight excluding hydrogens is 238 g/mol. The van der Waals surface area contributed by atoms with Crippen LogP contribution in [-0.4, -0.2) is 15.9 Å². The van der Waals surface area contributed by atoms with Crippen molar-refractivity contribution >= 4 is 16.8 Å². The molecule has 0 saturated heterocycles. The number of rotatable bonds is 3. The van der Waals surface area contributed by atoms with E-state index in [0.717, 1.165) is 16.5 Å². The quantitative estimate of drug-likeness (QED) is 0.751. The highest BCUT2D eigenvalue weighted by Gasteiger charge is 2.09. The van der Waals surface area contributed by atoms with E-state index in [9.17, 15) is 4.79 Å². The Morgan fingerprint density at radius 1 is 1.16 bits per heavy atom. The molecule has 94 valence electrons. The fraction of sp³-hybridized carbons (Fsp3) is 0.0667. The second kappa shape index (κ2) is 4.94. The molecule has 19 heavy (non-hydrogen) atoms. The van der Waals surface area contributed by atoms with Gasteiger partial charge in [-0.05, 0) is 29.8 Å². The first-order valence-electron chi connectivity index (χ1n) is 6.08. The van der Waals surface area contributed by atoms with Gasteiger partial charge in [-0.2, -0.15) is 0 Å². The molecule has 4 heteroatoms. The number of carbonyl (C=O) groups is 1. The van der Waals surface area contributed by atoms with Crippen molar-refractivity contribution in [1.29, 1.82) is 0 Å². The van der Waals surface area contributed by atoms with E-state index in [4.69, 9.17) is 0 Å². The number of fused-ring (bicyclic) bond motifs is 1. The number of nitrogens with zero attached hydrogens (tertiary/aromatic N) is 1. The maximum atomic E-state index is 12.2. The summed E-state index contributed by atoms with van der Waals surface area (Å²) in [6.07, 6.45) is 5.27. The van der Waals surface area contributed by atoms with Crippen molar-refractivity contribution in [2.75, 3.05) is 0 Å². The highest BCUT2D eigenvalue weighted by molar-refractivity contribution is 6.05. The van der Waals surface area contributed by atoms with E-state index < -0.39 is 0 Å². The van der Waals surface area contributed by atoms with Crippen LogP contribution in [0.15, 0.2) is 55.0 Å². The molecule has 0 fully saturated rings. The Labute approximate surface area is 110 Å². The number of hydrogen-bond donors (Lipinski definition) is 2. The van der Waals surface area contributed by atoms with Gasteiger partial charge in [0.15, 0.2) is 0 Å². The minimum absolute atomic E-state index is 0.0788. The zero-order valence-electron chi connectivity index (χ0n) is 10.3. The van der Waals surface area contributed by atoms with Gasteiger partial charge in [0, 0.05) is 30.5 Å². The van der Waals surface area contributed by atoms with Crippen molar-refractivity contribution in [3.8, 4) is 0 Å². The van der Waals surface area contributed by atoms with Gasteiger partial charge in [-0.15, -0.1) is 0 Å². The van der Waals surface area contributed by atoms with Gasteiger partial charge >= 0.3 is 0 Å². The average Bonchev–Trinajstić information content (AvgIpc) is 2.94. The van der Waals surface area contributed by atoms with Crippen molar-refractivity contribution in [3.05, 3.63) is 66.1 Å². The fourth-order valence-corrected chi connectivity index (χ4v) is 2.05. The SMILES string of the molecule is O=C(NCc1ccncc1)c1cccc2cc[nH]c12. The minimum Gasteiger partial charge on any atom is -0.361 e. The fourth-order valence-electron chi connectivity index (χ4n) is 2.05. The topological polar surface area (TPSA) is 57.8 Å². The van der Waals surface area contributed by atoms with Crippen LogP contribution >= 0.6 is 0 Å². The van der Waals surface area contributed by atoms with E-state index in [2.05, 4.69) is 15.3 Å². The van der Waals surface area contributed by atoms with Crippen LogP contribution in [0.5, 0.6) is 0 Å². The molecule has 3 rings (SSSR count). The average molecular weight is 251 g/mol. The summed E-state index contributed by atoms with van der Waals surface area (Å²) in [6.45, 7) is 0.498. The summed E-state index contributed by atoms with van der Waals surface area (Å²) < 4.78 is 0. The maximum Gasteiger partial charge on any atom is 0.253 e. The molecule has 0 saturated carbocycles. The summed E-state index contributed by atoms with van der Waals surface area (Å²) >= 11 is 0. The molecule has 3 aromatic rings. The standard InChI is InChI=1S/C15H13N3O/c19-15(18-10-11-4-7-16-8-5-11)13-3-1-2-12-6-9-17-14(12)13/h1-9,17H,10H2,(H,18,19). The first kappa shape index (κ1) is 11.5. The van der Waals surface area contributed by atoms with Crippen LogP contribution in [0.4, 0.5) is 0 Å². The lowest BCUT2D eigenvalue weighted by atomic mass is 10.1. The molecule has 1 aromatic carbocycles. The van der Waals surface area contributed by atoms with Crippen molar-refractivity contribution in [2.24, 2.45) is 0 Å². The number of hydrogen-bond acceptors (Lipinski definition) is 2. The Balaban J connectivity index is 1.79. The van der Waals surface area contributed by atoms with Gasteiger partial charge in [0.25, 0.3) is 5.91 Å². The predicted molar refractivity (Wildman–Crippen MR) is 73.7 cm³/mol. The predicted octanol–water partition coefficient (Wildman–Crippen LogP) is 2.49. The van der Waals surface area contributed by atoms with E-state index in [-0.39, 0.29) is 5.91 Å². The zero-order valence-corrected chi connectivity index (χ0v) is 10.3. The van der Waals surface area contributed by atoms with Crippen LogP contribution in [0.1, 0.15) is 15.9 Å². The molecular formula is C15H13N3O. The summed E-state index contributed by atoms with van der Waals surface area (Å²) in [5.41, 5.74) is 2.56. The Hall–Kier alpha value is -2.62. The van der Waals surface area contributed by atoms with Crippen LogP contribution in [-0.2, 0) is 6.54 Å². The van der Waals surface area contributed by atoms with E-state index in [1.807, 2.05) is 42.6 Å². The molecule has 4 nitrogen and oxygen atoms in total. The summed E-state index contributed by atoms with van der Waals surface area (Å²) in [4.78, 5) is 19.2. The number of amides is 1. The van der Waals surface area contributed by atoms with Gasteiger partial charge < -0.3 is 10.3 Å². The van der Waals surface area contributed by atoms with E-state index in [0.29, 0.717) is 12.1 Å². The molecule has 2 aromatic heterocycles. The number of para-hydroxylation sites is 1. The molecule has 0 radical (unpaired) electrons. The number of H-pyrrole nitrogens is 1. The highest BCUT2D eigenvalue weighted by atomic mass is 16.1. The lowest BCUT2D eigenvalue weighted by Crippen LogP contribution is -2.23. The number of benzene rings is 1. The first-order chi connectivity index (χ1) is 9.34. The summed E-state index contributed by atoms with van der Waals surface area (Å²) in [5.74, 6) is -0.0788. The number of carbonyl (C=O) groups excluding carboxylic acids is 1. The molecule has 0 atom stereocenters. The van der Waals surface area contributed by atoms with E-state index >= 15 is 0 Å². The molecule has 2 N–H and O–H groups in total. The number of pyridine rings is 1. The molecule has 0 spiro atoms. The molecule has 0 unspecified atom stereocenters. The summed E-state index contributed by atoms with van der Waals surface area (Å²) in [6, 6.07) is 11.4. The maximum absolute atomic E-state index is 12.2. The van der Waals surface area contributed by atoms with Crippen LogP contribution in [0.25, 0.3) is 10.9 Å². The largest absolute Gasteiger partial charge is 0.361 e. The molecule has 0 bridgehead atoms. The third-order valence-electron chi connectivity index (χ3n) is 3.03. The number of aromatic nitrogens is 2. The zero-order chi connectivity index (χ0) is 13.1. The Kier molecular flexibility index (Phi) is 2.98. The molecule has 1 amide bonds. The lowest BCUT2D eigenvalue weighted by Gasteiger charge is -2.06. The van der Waals surface area contributed by atoms with Gasteiger partial charge in [0.05, 0.1) is 11.1 Å². The van der Waals surface area contributed by atoms with Crippen molar-refractivity contribution in [1.82, 2.24) is 15.3 Å². The molecule has 0 aliphatic carbocycles. The third-order valence-corrected chi connectivity index (χ3v) is 3.03. The second-order valence-corrected chi connectivity index (χ2v) is 4.29. The van der Waals surface area contributed by atoms with Gasteiger partial charge in [0.2, 0.25) is 0 Å². The molecule has 2 heterocycles. The lowest BCUT2D eigenvalue weighted by molar-refractivity contribution is 0.0952. The van der Waals surface area contributed by atoms with Crippen LogP contribution in [0.3, 0.4) is 0 Å². The van der Waals surface area contributed by atoms with Gasteiger partial charge in [-0.25, -0.2) is 0 Å². The van der Waals surface area contributed by atoms with Crippen LogP contribution in [0.2, 0.25) is 0 Å². The highest BCUT2D eigenvalue weighted by Crippen LogP contribution is 2.16. The first-order valence-corrected chi connectivity index (χ1v) is 6.08. The number of nitrogens with one attached hydrogen (secondary N) is 2. The number of aromatic amines is 1. The Bertz CT molecular complexity index is 703. The summed E-state index contributed by atoms with van der Waals surface area (Å²) in [5, 5.41) is 3.95. The monoisotopic (exact) mass is 251 g/mol. The van der Waals surface area contributed by atoms with Gasteiger partial charge in [-0.1, -0.05) is 12.1 Å². The second-order valence-electron chi connectivity index (χ2n) is 4.29. The van der Waals surface area contributed by atoms with Crippen molar-refractivity contribution in [2.45, 2.75) is 6.54 Å². The Morgan fingerprint density at radius 3 is 2.84 bits per heavy atom. The smallest absolute Gasteiger partial charge is 0.253 e.